The zero-order valence-electron chi connectivity index (χ0n) is 15.2. The monoisotopic (exact) mass is 376 g/mol. The van der Waals surface area contributed by atoms with Crippen LogP contribution in [0, 0.1) is 5.92 Å². The van der Waals surface area contributed by atoms with Crippen molar-refractivity contribution in [2.24, 2.45) is 11.7 Å². The number of nitrogens with two attached hydrogens (primary N) is 1. The van der Waals surface area contributed by atoms with Gasteiger partial charge in [-0.3, -0.25) is 14.4 Å². The van der Waals surface area contributed by atoms with Crippen LogP contribution in [0.1, 0.15) is 27.7 Å². The fourth-order valence-corrected chi connectivity index (χ4v) is 1.85. The van der Waals surface area contributed by atoms with Crippen molar-refractivity contribution < 1.29 is 34.5 Å². The first kappa shape index (κ1) is 23.8. The van der Waals surface area contributed by atoms with E-state index in [-0.39, 0.29) is 0 Å². The normalized spacial score (nSPS) is 16.8. The quantitative estimate of drug-likeness (QED) is 0.208. The van der Waals surface area contributed by atoms with Gasteiger partial charge in [-0.1, -0.05) is 13.8 Å². The molecule has 0 saturated heterocycles. The maximum atomic E-state index is 12.1. The number of aliphatic carboxylic acids is 1. The summed E-state index contributed by atoms with van der Waals surface area (Å²) in [5.41, 5.74) is 5.44. The molecular weight excluding hydrogens is 348 g/mol. The summed E-state index contributed by atoms with van der Waals surface area (Å²) >= 11 is 0. The van der Waals surface area contributed by atoms with Gasteiger partial charge in [0, 0.05) is 0 Å². The summed E-state index contributed by atoms with van der Waals surface area (Å²) in [7, 11) is 0. The smallest absolute Gasteiger partial charge is 0.326 e. The first-order valence-electron chi connectivity index (χ1n) is 8.10. The zero-order chi connectivity index (χ0) is 20.6. The van der Waals surface area contributed by atoms with Gasteiger partial charge in [-0.25, -0.2) is 4.79 Å². The number of nitrogens with one attached hydrogen (secondary N) is 3. The largest absolute Gasteiger partial charge is 0.480 e. The minimum absolute atomic E-state index is 0.410. The van der Waals surface area contributed by atoms with E-state index in [4.69, 9.17) is 10.8 Å². The van der Waals surface area contributed by atoms with Crippen molar-refractivity contribution in [3.05, 3.63) is 0 Å². The molecule has 5 unspecified atom stereocenters. The summed E-state index contributed by atoms with van der Waals surface area (Å²) in [4.78, 5) is 47.0. The zero-order valence-corrected chi connectivity index (χ0v) is 15.2. The Kier molecular flexibility index (Phi) is 9.76. The Morgan fingerprint density at radius 3 is 1.85 bits per heavy atom. The van der Waals surface area contributed by atoms with Crippen LogP contribution in [-0.4, -0.2) is 75.9 Å². The van der Waals surface area contributed by atoms with Gasteiger partial charge in [-0.2, -0.15) is 0 Å². The third-order valence-electron chi connectivity index (χ3n) is 3.62. The number of hydrogen-bond donors (Lipinski definition) is 7. The second-order valence-corrected chi connectivity index (χ2v) is 6.31. The molecule has 11 heteroatoms. The van der Waals surface area contributed by atoms with Gasteiger partial charge in [0.25, 0.3) is 0 Å². The van der Waals surface area contributed by atoms with Crippen molar-refractivity contribution in [2.45, 2.75) is 58.0 Å². The molecule has 5 atom stereocenters. The number of aliphatic hydroxyl groups is 2. The van der Waals surface area contributed by atoms with Crippen LogP contribution in [0.3, 0.4) is 0 Å². The van der Waals surface area contributed by atoms with Gasteiger partial charge < -0.3 is 37.0 Å². The lowest BCUT2D eigenvalue weighted by atomic mass is 10.0. The number of amides is 3. The number of carboxylic acid groups (broad SMARTS) is 1. The number of carbonyl (C=O) groups is 4. The van der Waals surface area contributed by atoms with Gasteiger partial charge in [-0.15, -0.1) is 0 Å². The molecule has 0 fully saturated rings. The molecule has 0 radical (unpaired) electrons. The molecule has 0 aliphatic carbocycles. The Bertz CT molecular complexity index is 524. The minimum Gasteiger partial charge on any atom is -0.480 e. The van der Waals surface area contributed by atoms with Crippen molar-refractivity contribution in [1.29, 1.82) is 0 Å². The van der Waals surface area contributed by atoms with E-state index in [1.54, 1.807) is 13.8 Å². The van der Waals surface area contributed by atoms with Crippen LogP contribution in [-0.2, 0) is 19.2 Å². The SMILES string of the molecule is CC(NC(=O)C(N)C(C)O)C(=O)NC(CO)C(=O)NC(C(=O)O)C(C)C. The van der Waals surface area contributed by atoms with Gasteiger partial charge >= 0.3 is 5.97 Å². The molecule has 0 saturated carbocycles. The highest BCUT2D eigenvalue weighted by Crippen LogP contribution is 2.02. The van der Waals surface area contributed by atoms with Gasteiger partial charge in [0.2, 0.25) is 17.7 Å². The summed E-state index contributed by atoms with van der Waals surface area (Å²) in [5, 5.41) is 34.3. The predicted molar refractivity (Wildman–Crippen MR) is 90.7 cm³/mol. The second kappa shape index (κ2) is 10.7. The third kappa shape index (κ3) is 7.33. The van der Waals surface area contributed by atoms with E-state index in [0.29, 0.717) is 0 Å². The van der Waals surface area contributed by atoms with E-state index in [1.807, 2.05) is 0 Å². The van der Waals surface area contributed by atoms with Crippen LogP contribution in [0.25, 0.3) is 0 Å². The Balaban J connectivity index is 4.83. The Morgan fingerprint density at radius 2 is 1.46 bits per heavy atom. The maximum Gasteiger partial charge on any atom is 0.326 e. The summed E-state index contributed by atoms with van der Waals surface area (Å²) in [6.45, 7) is 5.05. The number of rotatable bonds is 10. The molecule has 0 spiro atoms. The van der Waals surface area contributed by atoms with Crippen molar-refractivity contribution in [1.82, 2.24) is 16.0 Å². The molecule has 8 N–H and O–H groups in total. The molecule has 150 valence electrons. The molecule has 0 aromatic carbocycles. The van der Waals surface area contributed by atoms with E-state index >= 15 is 0 Å². The highest BCUT2D eigenvalue weighted by Gasteiger charge is 2.30. The fourth-order valence-electron chi connectivity index (χ4n) is 1.85. The van der Waals surface area contributed by atoms with Gasteiger partial charge in [0.15, 0.2) is 0 Å². The second-order valence-electron chi connectivity index (χ2n) is 6.31. The average Bonchev–Trinajstić information content (AvgIpc) is 2.55. The van der Waals surface area contributed by atoms with Crippen LogP contribution >= 0.6 is 0 Å². The van der Waals surface area contributed by atoms with E-state index in [1.165, 1.54) is 13.8 Å². The molecule has 0 aromatic heterocycles. The Labute approximate surface area is 151 Å². The van der Waals surface area contributed by atoms with Gasteiger partial charge in [-0.05, 0) is 19.8 Å². The van der Waals surface area contributed by atoms with E-state index < -0.39 is 66.5 Å². The first-order chi connectivity index (χ1) is 11.9. The number of aliphatic hydroxyl groups excluding tert-OH is 2. The molecule has 0 heterocycles. The lowest BCUT2D eigenvalue weighted by Gasteiger charge is -2.24. The standard InChI is InChI=1S/C15H28N4O7/c1-6(2)11(15(25)26)19-13(23)9(5-20)18-12(22)7(3)17-14(24)10(16)8(4)21/h6-11,20-21H,5,16H2,1-4H3,(H,17,24)(H,18,22)(H,19,23)(H,25,26). The molecule has 11 nitrogen and oxygen atoms in total. The van der Waals surface area contributed by atoms with Gasteiger partial charge in [0.05, 0.1) is 12.7 Å². The molecule has 3 amide bonds. The van der Waals surface area contributed by atoms with Crippen LogP contribution in [0.4, 0.5) is 0 Å². The topological polar surface area (TPSA) is 191 Å². The molecule has 0 aliphatic heterocycles. The van der Waals surface area contributed by atoms with Crippen LogP contribution in [0.15, 0.2) is 0 Å². The van der Waals surface area contributed by atoms with Crippen molar-refractivity contribution in [3.8, 4) is 0 Å². The molecule has 0 aromatic rings. The maximum absolute atomic E-state index is 12.1. The highest BCUT2D eigenvalue weighted by atomic mass is 16.4. The van der Waals surface area contributed by atoms with E-state index in [0.717, 1.165) is 0 Å². The lowest BCUT2D eigenvalue weighted by molar-refractivity contribution is -0.143. The predicted octanol–water partition coefficient (Wildman–Crippen LogP) is -3.10. The summed E-state index contributed by atoms with van der Waals surface area (Å²) in [5.74, 6) is -4.09. The van der Waals surface area contributed by atoms with Crippen LogP contribution in [0.2, 0.25) is 0 Å². The van der Waals surface area contributed by atoms with Crippen LogP contribution < -0.4 is 21.7 Å². The van der Waals surface area contributed by atoms with Crippen molar-refractivity contribution in [3.63, 3.8) is 0 Å². The van der Waals surface area contributed by atoms with E-state index in [9.17, 15) is 29.4 Å². The summed E-state index contributed by atoms with van der Waals surface area (Å²) < 4.78 is 0. The molecule has 0 bridgehead atoms. The fraction of sp³-hybridized carbons (Fsp3) is 0.733. The van der Waals surface area contributed by atoms with Crippen molar-refractivity contribution >= 4 is 23.7 Å². The van der Waals surface area contributed by atoms with Crippen molar-refractivity contribution in [2.75, 3.05) is 6.61 Å². The van der Waals surface area contributed by atoms with E-state index in [2.05, 4.69) is 16.0 Å². The lowest BCUT2D eigenvalue weighted by Crippen LogP contribution is -2.58. The Morgan fingerprint density at radius 1 is 0.923 bits per heavy atom. The number of carbonyl (C=O) groups excluding carboxylic acids is 3. The van der Waals surface area contributed by atoms with Crippen LogP contribution in [0.5, 0.6) is 0 Å². The first-order valence-corrected chi connectivity index (χ1v) is 8.10. The van der Waals surface area contributed by atoms with Gasteiger partial charge in [0.1, 0.15) is 24.2 Å². The summed E-state index contributed by atoms with van der Waals surface area (Å²) in [6, 6.07) is -4.92. The third-order valence-corrected chi connectivity index (χ3v) is 3.62. The minimum atomic E-state index is -1.40. The number of hydrogen-bond acceptors (Lipinski definition) is 7. The summed E-state index contributed by atoms with van der Waals surface area (Å²) in [6.07, 6.45) is -1.12. The number of carboxylic acids is 1. The molecule has 0 aliphatic rings. The molecule has 26 heavy (non-hydrogen) atoms. The molecular formula is C15H28N4O7. The molecule has 0 rings (SSSR count). The average molecular weight is 376 g/mol. The Hall–Kier alpha value is -2.24. The highest BCUT2D eigenvalue weighted by molar-refractivity contribution is 5.94.